The monoisotopic (exact) mass is 374 g/mol. The number of hydrogen-bond acceptors (Lipinski definition) is 5. The van der Waals surface area contributed by atoms with Crippen LogP contribution in [0.5, 0.6) is 11.5 Å². The Bertz CT molecular complexity index is 736. The van der Waals surface area contributed by atoms with E-state index in [1.54, 1.807) is 24.3 Å². The lowest BCUT2D eigenvalue weighted by atomic mass is 9.95. The van der Waals surface area contributed by atoms with Crippen molar-refractivity contribution in [1.82, 2.24) is 10.6 Å². The van der Waals surface area contributed by atoms with Crippen LogP contribution in [0.25, 0.3) is 6.08 Å². The standard InChI is InChI=1S/C20H26N2O5/c1-13(23)21-17(20(25)22-16-7-5-4-6-8-16)11-15-9-10-18(27-14(2)24)19(12-15)26-3/h9-12,16H,4-8H2,1-3H3,(H,21,23)(H,22,25)/b17-11-. The highest BCUT2D eigenvalue weighted by Gasteiger charge is 2.19. The maximum Gasteiger partial charge on any atom is 0.308 e. The smallest absolute Gasteiger partial charge is 0.308 e. The lowest BCUT2D eigenvalue weighted by Crippen LogP contribution is -2.40. The van der Waals surface area contributed by atoms with E-state index in [0.717, 1.165) is 25.7 Å². The minimum atomic E-state index is -0.456. The molecule has 0 unspecified atom stereocenters. The molecule has 27 heavy (non-hydrogen) atoms. The van der Waals surface area contributed by atoms with E-state index in [9.17, 15) is 14.4 Å². The molecular formula is C20H26N2O5. The van der Waals surface area contributed by atoms with Crippen LogP contribution < -0.4 is 20.1 Å². The fourth-order valence-electron chi connectivity index (χ4n) is 3.04. The molecule has 0 heterocycles. The van der Waals surface area contributed by atoms with Gasteiger partial charge in [-0.3, -0.25) is 14.4 Å². The van der Waals surface area contributed by atoms with Crippen LogP contribution in [0.1, 0.15) is 51.5 Å². The number of hydrogen-bond donors (Lipinski definition) is 2. The largest absolute Gasteiger partial charge is 0.493 e. The van der Waals surface area contributed by atoms with Gasteiger partial charge in [0.1, 0.15) is 5.70 Å². The van der Waals surface area contributed by atoms with Gasteiger partial charge in [0, 0.05) is 19.9 Å². The van der Waals surface area contributed by atoms with Crippen LogP contribution in [-0.2, 0) is 14.4 Å². The number of amides is 2. The van der Waals surface area contributed by atoms with Gasteiger partial charge in [0.25, 0.3) is 5.91 Å². The normalized spacial score (nSPS) is 15.0. The summed E-state index contributed by atoms with van der Waals surface area (Å²) in [6, 6.07) is 5.02. The van der Waals surface area contributed by atoms with Gasteiger partial charge in [-0.1, -0.05) is 25.3 Å². The summed E-state index contributed by atoms with van der Waals surface area (Å²) in [6.45, 7) is 2.66. The Labute approximate surface area is 159 Å². The summed E-state index contributed by atoms with van der Waals surface area (Å²) in [7, 11) is 1.46. The first-order valence-corrected chi connectivity index (χ1v) is 9.05. The van der Waals surface area contributed by atoms with Gasteiger partial charge in [-0.2, -0.15) is 0 Å². The van der Waals surface area contributed by atoms with Gasteiger partial charge in [-0.15, -0.1) is 0 Å². The van der Waals surface area contributed by atoms with Crippen molar-refractivity contribution >= 4 is 23.9 Å². The molecule has 1 saturated carbocycles. The van der Waals surface area contributed by atoms with Crippen LogP contribution in [0.4, 0.5) is 0 Å². The summed E-state index contributed by atoms with van der Waals surface area (Å²) in [4.78, 5) is 35.3. The molecule has 1 fully saturated rings. The minimum Gasteiger partial charge on any atom is -0.493 e. The molecule has 1 aromatic carbocycles. The SMILES string of the molecule is COc1cc(/C=C(\NC(C)=O)C(=O)NC2CCCCC2)ccc1OC(C)=O. The van der Waals surface area contributed by atoms with Crippen molar-refractivity contribution in [3.05, 3.63) is 29.5 Å². The Balaban J connectivity index is 2.23. The van der Waals surface area contributed by atoms with E-state index < -0.39 is 5.97 Å². The van der Waals surface area contributed by atoms with Crippen LogP contribution in [-0.4, -0.2) is 30.9 Å². The lowest BCUT2D eigenvalue weighted by molar-refractivity contribution is -0.132. The van der Waals surface area contributed by atoms with E-state index in [1.165, 1.54) is 27.4 Å². The number of esters is 1. The van der Waals surface area contributed by atoms with Gasteiger partial charge in [0.15, 0.2) is 11.5 Å². The van der Waals surface area contributed by atoms with E-state index in [4.69, 9.17) is 9.47 Å². The average molecular weight is 374 g/mol. The number of carbonyl (C=O) groups is 3. The Morgan fingerprint density at radius 2 is 1.78 bits per heavy atom. The van der Waals surface area contributed by atoms with Crippen LogP contribution in [0, 0.1) is 0 Å². The topological polar surface area (TPSA) is 93.7 Å². The van der Waals surface area contributed by atoms with Gasteiger partial charge in [0.2, 0.25) is 5.91 Å². The van der Waals surface area contributed by atoms with Crippen molar-refractivity contribution in [2.45, 2.75) is 52.0 Å². The molecule has 146 valence electrons. The zero-order valence-corrected chi connectivity index (χ0v) is 16.0. The van der Waals surface area contributed by atoms with Crippen LogP contribution in [0.2, 0.25) is 0 Å². The summed E-state index contributed by atoms with van der Waals surface area (Å²) < 4.78 is 10.3. The van der Waals surface area contributed by atoms with Crippen molar-refractivity contribution in [2.24, 2.45) is 0 Å². The minimum absolute atomic E-state index is 0.129. The fourth-order valence-corrected chi connectivity index (χ4v) is 3.04. The molecule has 0 spiro atoms. The molecule has 0 bridgehead atoms. The van der Waals surface area contributed by atoms with Gasteiger partial charge in [0.05, 0.1) is 7.11 Å². The first-order chi connectivity index (χ1) is 12.9. The third-order valence-corrected chi connectivity index (χ3v) is 4.25. The maximum atomic E-state index is 12.6. The zero-order chi connectivity index (χ0) is 19.8. The molecule has 2 N–H and O–H groups in total. The second kappa shape index (κ2) is 9.75. The van der Waals surface area contributed by atoms with Crippen molar-refractivity contribution < 1.29 is 23.9 Å². The van der Waals surface area contributed by atoms with Crippen LogP contribution >= 0.6 is 0 Å². The van der Waals surface area contributed by atoms with E-state index in [1.807, 2.05) is 0 Å². The van der Waals surface area contributed by atoms with Crippen molar-refractivity contribution in [3.63, 3.8) is 0 Å². The Morgan fingerprint density at radius 3 is 2.37 bits per heavy atom. The van der Waals surface area contributed by atoms with Crippen molar-refractivity contribution in [1.29, 1.82) is 0 Å². The third-order valence-electron chi connectivity index (χ3n) is 4.25. The summed E-state index contributed by atoms with van der Waals surface area (Å²) in [5.74, 6) is -0.463. The third kappa shape index (κ3) is 6.44. The van der Waals surface area contributed by atoms with Gasteiger partial charge in [-0.25, -0.2) is 0 Å². The molecule has 2 amide bonds. The first kappa shape index (κ1) is 20.5. The molecule has 1 aliphatic rings. The molecule has 0 saturated heterocycles. The summed E-state index contributed by atoms with van der Waals surface area (Å²) >= 11 is 0. The second-order valence-electron chi connectivity index (χ2n) is 6.55. The molecule has 0 atom stereocenters. The van der Waals surface area contributed by atoms with E-state index in [2.05, 4.69) is 10.6 Å². The summed E-state index contributed by atoms with van der Waals surface area (Å²) in [6.07, 6.45) is 6.85. The quantitative estimate of drug-likeness (QED) is 0.453. The Morgan fingerprint density at radius 1 is 1.07 bits per heavy atom. The predicted molar refractivity (Wildman–Crippen MR) is 101 cm³/mol. The van der Waals surface area contributed by atoms with Gasteiger partial charge in [-0.05, 0) is 36.6 Å². The number of ether oxygens (including phenoxy) is 2. The zero-order valence-electron chi connectivity index (χ0n) is 16.0. The molecule has 7 nitrogen and oxygen atoms in total. The number of benzene rings is 1. The van der Waals surface area contributed by atoms with E-state index >= 15 is 0 Å². The molecule has 0 radical (unpaired) electrons. The highest BCUT2D eigenvalue weighted by atomic mass is 16.6. The van der Waals surface area contributed by atoms with E-state index in [0.29, 0.717) is 11.3 Å². The van der Waals surface area contributed by atoms with Gasteiger partial charge >= 0.3 is 5.97 Å². The average Bonchev–Trinajstić information content (AvgIpc) is 2.62. The molecule has 0 aromatic heterocycles. The number of nitrogens with one attached hydrogen (secondary N) is 2. The molecule has 2 rings (SSSR count). The number of carbonyl (C=O) groups excluding carboxylic acids is 3. The molecule has 1 aliphatic carbocycles. The number of rotatable bonds is 6. The van der Waals surface area contributed by atoms with Crippen molar-refractivity contribution in [2.75, 3.05) is 7.11 Å². The molecule has 1 aromatic rings. The van der Waals surface area contributed by atoms with E-state index in [-0.39, 0.29) is 29.3 Å². The highest BCUT2D eigenvalue weighted by Crippen LogP contribution is 2.29. The fraction of sp³-hybridized carbons (Fsp3) is 0.450. The van der Waals surface area contributed by atoms with Crippen LogP contribution in [0.15, 0.2) is 23.9 Å². The summed E-state index contributed by atoms with van der Waals surface area (Å²) in [5.41, 5.74) is 0.792. The summed E-state index contributed by atoms with van der Waals surface area (Å²) in [5, 5.41) is 5.57. The van der Waals surface area contributed by atoms with Crippen LogP contribution in [0.3, 0.4) is 0 Å². The maximum absolute atomic E-state index is 12.6. The second-order valence-corrected chi connectivity index (χ2v) is 6.55. The Kier molecular flexibility index (Phi) is 7.40. The lowest BCUT2D eigenvalue weighted by Gasteiger charge is -2.23. The highest BCUT2D eigenvalue weighted by molar-refractivity contribution is 6.01. The Hall–Kier alpha value is -2.83. The number of methoxy groups -OCH3 is 1. The first-order valence-electron chi connectivity index (χ1n) is 9.05. The predicted octanol–water partition coefficient (Wildman–Crippen LogP) is 2.55. The van der Waals surface area contributed by atoms with Crippen molar-refractivity contribution in [3.8, 4) is 11.5 Å². The molecular weight excluding hydrogens is 348 g/mol. The molecule has 0 aliphatic heterocycles. The molecule has 7 heteroatoms. The van der Waals surface area contributed by atoms with Gasteiger partial charge < -0.3 is 20.1 Å².